The number of aryl methyl sites for hydroxylation is 1. The zero-order valence-corrected chi connectivity index (χ0v) is 9.99. The largest absolute Gasteiger partial charge is 0.330 e. The van der Waals surface area contributed by atoms with Crippen LogP contribution in [0.2, 0.25) is 0 Å². The fourth-order valence-corrected chi connectivity index (χ4v) is 1.61. The number of nitro groups is 1. The maximum Gasteiger partial charge on any atom is 0.306 e. The van der Waals surface area contributed by atoms with Crippen LogP contribution in [0.4, 0.5) is 10.1 Å². The van der Waals surface area contributed by atoms with Gasteiger partial charge in [-0.25, -0.2) is 4.68 Å². The van der Waals surface area contributed by atoms with Crippen LogP contribution >= 0.6 is 0 Å². The molecule has 2 aromatic rings. The lowest BCUT2D eigenvalue weighted by atomic mass is 10.2. The Morgan fingerprint density at radius 3 is 2.95 bits per heavy atom. The van der Waals surface area contributed by atoms with E-state index in [0.717, 1.165) is 24.2 Å². The van der Waals surface area contributed by atoms with Gasteiger partial charge in [-0.3, -0.25) is 10.1 Å². The van der Waals surface area contributed by atoms with Crippen molar-refractivity contribution < 1.29 is 9.31 Å². The smallest absolute Gasteiger partial charge is 0.306 e. The Morgan fingerprint density at radius 2 is 2.26 bits per heavy atom. The van der Waals surface area contributed by atoms with Crippen molar-refractivity contribution in [2.24, 2.45) is 5.73 Å². The van der Waals surface area contributed by atoms with Gasteiger partial charge in [-0.2, -0.15) is 4.39 Å². The van der Waals surface area contributed by atoms with Crippen LogP contribution < -0.4 is 5.73 Å². The predicted octanol–water partition coefficient (Wildman–Crippen LogP) is 1.21. The SMILES string of the molecule is NCCCc1cn(-c2ccc(F)c([N+](=O)[O-])c2)nn1. The molecule has 0 aliphatic rings. The second-order valence-electron chi connectivity index (χ2n) is 3.94. The molecule has 7 nitrogen and oxygen atoms in total. The van der Waals surface area contributed by atoms with Crippen LogP contribution in [0.5, 0.6) is 0 Å². The van der Waals surface area contributed by atoms with Crippen LogP contribution in [-0.2, 0) is 6.42 Å². The topological polar surface area (TPSA) is 99.9 Å². The third-order valence-electron chi connectivity index (χ3n) is 2.57. The molecular formula is C11H12FN5O2. The molecule has 100 valence electrons. The Morgan fingerprint density at radius 1 is 1.47 bits per heavy atom. The molecule has 0 amide bonds. The Balaban J connectivity index is 2.29. The standard InChI is InChI=1S/C11H12FN5O2/c12-10-4-3-9(6-11(10)17(18)19)16-7-8(14-15-16)2-1-5-13/h3-4,6-7H,1-2,5,13H2. The summed E-state index contributed by atoms with van der Waals surface area (Å²) in [5, 5.41) is 18.4. The normalized spacial score (nSPS) is 10.6. The third kappa shape index (κ3) is 2.91. The molecule has 0 bridgehead atoms. The molecule has 1 aromatic carbocycles. The number of nitrogens with zero attached hydrogens (tertiary/aromatic N) is 4. The lowest BCUT2D eigenvalue weighted by Gasteiger charge is -2.00. The average Bonchev–Trinajstić information content (AvgIpc) is 2.85. The zero-order chi connectivity index (χ0) is 13.8. The number of aromatic nitrogens is 3. The average molecular weight is 265 g/mol. The monoisotopic (exact) mass is 265 g/mol. The molecule has 19 heavy (non-hydrogen) atoms. The minimum Gasteiger partial charge on any atom is -0.330 e. The molecule has 0 fully saturated rings. The van der Waals surface area contributed by atoms with Gasteiger partial charge < -0.3 is 5.73 Å². The van der Waals surface area contributed by atoms with E-state index in [2.05, 4.69) is 10.3 Å². The maximum absolute atomic E-state index is 13.2. The molecule has 0 unspecified atom stereocenters. The Hall–Kier alpha value is -2.35. The van der Waals surface area contributed by atoms with Gasteiger partial charge in [0.05, 0.1) is 22.5 Å². The highest BCUT2D eigenvalue weighted by Gasteiger charge is 2.15. The minimum atomic E-state index is -0.878. The quantitative estimate of drug-likeness (QED) is 0.646. The van der Waals surface area contributed by atoms with Crippen LogP contribution in [-0.4, -0.2) is 26.5 Å². The van der Waals surface area contributed by atoms with Gasteiger partial charge in [0.2, 0.25) is 5.82 Å². The Labute approximate surface area is 108 Å². The van der Waals surface area contributed by atoms with Crippen molar-refractivity contribution in [3.8, 4) is 5.69 Å². The number of rotatable bonds is 5. The van der Waals surface area contributed by atoms with E-state index < -0.39 is 16.4 Å². The van der Waals surface area contributed by atoms with Crippen molar-refractivity contribution in [2.45, 2.75) is 12.8 Å². The van der Waals surface area contributed by atoms with Crippen LogP contribution in [0.25, 0.3) is 5.69 Å². The van der Waals surface area contributed by atoms with Crippen LogP contribution in [0.15, 0.2) is 24.4 Å². The highest BCUT2D eigenvalue weighted by molar-refractivity contribution is 5.43. The highest BCUT2D eigenvalue weighted by Crippen LogP contribution is 2.20. The molecule has 2 N–H and O–H groups in total. The van der Waals surface area contributed by atoms with Crippen molar-refractivity contribution >= 4 is 5.69 Å². The first kappa shape index (κ1) is 13.1. The van der Waals surface area contributed by atoms with Gasteiger partial charge in [-0.15, -0.1) is 5.10 Å². The first-order valence-electron chi connectivity index (χ1n) is 5.67. The van der Waals surface area contributed by atoms with E-state index in [1.807, 2.05) is 0 Å². The number of hydrogen-bond donors (Lipinski definition) is 1. The third-order valence-corrected chi connectivity index (χ3v) is 2.57. The Kier molecular flexibility index (Phi) is 3.81. The summed E-state index contributed by atoms with van der Waals surface area (Å²) < 4.78 is 14.6. The molecule has 2 rings (SSSR count). The molecule has 1 heterocycles. The minimum absolute atomic E-state index is 0.389. The molecule has 8 heteroatoms. The lowest BCUT2D eigenvalue weighted by Crippen LogP contribution is -2.00. The molecule has 0 saturated carbocycles. The van der Waals surface area contributed by atoms with Crippen LogP contribution in [0.1, 0.15) is 12.1 Å². The van der Waals surface area contributed by atoms with Crippen molar-refractivity contribution in [1.29, 1.82) is 0 Å². The van der Waals surface area contributed by atoms with E-state index in [1.54, 1.807) is 6.20 Å². The summed E-state index contributed by atoms with van der Waals surface area (Å²) >= 11 is 0. The van der Waals surface area contributed by atoms with Gasteiger partial charge in [0.25, 0.3) is 0 Å². The van der Waals surface area contributed by atoms with E-state index in [-0.39, 0.29) is 0 Å². The van der Waals surface area contributed by atoms with Gasteiger partial charge in [0.1, 0.15) is 0 Å². The fourth-order valence-electron chi connectivity index (χ4n) is 1.61. The van der Waals surface area contributed by atoms with Crippen LogP contribution in [0, 0.1) is 15.9 Å². The highest BCUT2D eigenvalue weighted by atomic mass is 19.1. The summed E-state index contributed by atoms with van der Waals surface area (Å²) in [6.07, 6.45) is 3.11. The first-order chi connectivity index (χ1) is 9.11. The van der Waals surface area contributed by atoms with E-state index in [4.69, 9.17) is 5.73 Å². The van der Waals surface area contributed by atoms with Crippen molar-refractivity contribution in [1.82, 2.24) is 15.0 Å². The van der Waals surface area contributed by atoms with E-state index in [1.165, 1.54) is 10.7 Å². The Bertz CT molecular complexity index is 599. The zero-order valence-electron chi connectivity index (χ0n) is 9.99. The summed E-state index contributed by atoms with van der Waals surface area (Å²) in [7, 11) is 0. The van der Waals surface area contributed by atoms with Gasteiger partial charge in [-0.05, 0) is 31.5 Å². The summed E-state index contributed by atoms with van der Waals surface area (Å²) in [4.78, 5) is 9.89. The first-order valence-corrected chi connectivity index (χ1v) is 5.67. The van der Waals surface area contributed by atoms with Crippen LogP contribution in [0.3, 0.4) is 0 Å². The number of benzene rings is 1. The predicted molar refractivity (Wildman–Crippen MR) is 65.3 cm³/mol. The van der Waals surface area contributed by atoms with Crippen molar-refractivity contribution in [3.63, 3.8) is 0 Å². The molecule has 0 atom stereocenters. The fraction of sp³-hybridized carbons (Fsp3) is 0.273. The molecule has 0 radical (unpaired) electrons. The number of hydrogen-bond acceptors (Lipinski definition) is 5. The van der Waals surface area contributed by atoms with Crippen molar-refractivity contribution in [3.05, 3.63) is 46.0 Å². The van der Waals surface area contributed by atoms with Crippen molar-refractivity contribution in [2.75, 3.05) is 6.54 Å². The van der Waals surface area contributed by atoms with Gasteiger partial charge in [-0.1, -0.05) is 5.21 Å². The van der Waals surface area contributed by atoms with E-state index in [9.17, 15) is 14.5 Å². The van der Waals surface area contributed by atoms with Gasteiger partial charge in [0, 0.05) is 6.07 Å². The van der Waals surface area contributed by atoms with E-state index in [0.29, 0.717) is 18.7 Å². The maximum atomic E-state index is 13.2. The summed E-state index contributed by atoms with van der Waals surface area (Å²) in [5.41, 5.74) is 5.93. The number of nitrogens with two attached hydrogens (primary N) is 1. The lowest BCUT2D eigenvalue weighted by molar-refractivity contribution is -0.387. The number of halogens is 1. The molecule has 0 aliphatic heterocycles. The molecule has 0 aliphatic carbocycles. The van der Waals surface area contributed by atoms with Gasteiger partial charge in [0.15, 0.2) is 0 Å². The molecule has 1 aromatic heterocycles. The number of nitro benzene ring substituents is 1. The molecule has 0 saturated heterocycles. The summed E-state index contributed by atoms with van der Waals surface area (Å²) in [6.45, 7) is 0.550. The van der Waals surface area contributed by atoms with Gasteiger partial charge >= 0.3 is 5.69 Å². The summed E-state index contributed by atoms with van der Waals surface area (Å²) in [5.74, 6) is -0.878. The summed E-state index contributed by atoms with van der Waals surface area (Å²) in [6, 6.07) is 3.56. The van der Waals surface area contributed by atoms with E-state index >= 15 is 0 Å². The second kappa shape index (κ2) is 5.53. The second-order valence-corrected chi connectivity index (χ2v) is 3.94. The molecular weight excluding hydrogens is 253 g/mol. The molecule has 0 spiro atoms.